The fraction of sp³-hybridized carbons (Fsp3) is 0.727. The number of benzene rings is 1. The van der Waals surface area contributed by atoms with E-state index in [0.29, 0.717) is 0 Å². The van der Waals surface area contributed by atoms with E-state index in [9.17, 15) is 0 Å². The van der Waals surface area contributed by atoms with E-state index in [1.165, 1.54) is 70.6 Å². The second kappa shape index (κ2) is 7.66. The highest BCUT2D eigenvalue weighted by molar-refractivity contribution is 5.31. The molecule has 0 N–H and O–H groups in total. The van der Waals surface area contributed by atoms with Gasteiger partial charge in [-0.15, -0.1) is 0 Å². The van der Waals surface area contributed by atoms with Gasteiger partial charge in [0, 0.05) is 0 Å². The van der Waals surface area contributed by atoms with E-state index < -0.39 is 0 Å². The van der Waals surface area contributed by atoms with Crippen LogP contribution in [0, 0.1) is 24.7 Å². The normalized spacial score (nSPS) is 27.0. The van der Waals surface area contributed by atoms with E-state index in [1.807, 2.05) is 0 Å². The van der Waals surface area contributed by atoms with Gasteiger partial charge in [-0.1, -0.05) is 70.1 Å². The monoisotopic (exact) mass is 298 g/mol. The Bertz CT molecular complexity index is 459. The van der Waals surface area contributed by atoms with Crippen LogP contribution >= 0.6 is 0 Å². The summed E-state index contributed by atoms with van der Waals surface area (Å²) < 4.78 is 0. The van der Waals surface area contributed by atoms with Crippen molar-refractivity contribution < 1.29 is 0 Å². The zero-order chi connectivity index (χ0) is 15.4. The maximum atomic E-state index is 2.50. The number of rotatable bonds is 4. The molecule has 0 saturated heterocycles. The van der Waals surface area contributed by atoms with E-state index in [2.05, 4.69) is 32.0 Å². The van der Waals surface area contributed by atoms with Gasteiger partial charge in [0.25, 0.3) is 0 Å². The average molecular weight is 299 g/mol. The van der Waals surface area contributed by atoms with Crippen LogP contribution in [0.3, 0.4) is 0 Å². The Labute approximate surface area is 137 Å². The number of hydrogen-bond acceptors (Lipinski definition) is 0. The van der Waals surface area contributed by atoms with Gasteiger partial charge in [0.15, 0.2) is 0 Å². The average Bonchev–Trinajstić information content (AvgIpc) is 2.53. The second-order valence-electron chi connectivity index (χ2n) is 8.30. The Kier molecular flexibility index (Phi) is 5.61. The highest BCUT2D eigenvalue weighted by Crippen LogP contribution is 2.32. The van der Waals surface area contributed by atoms with Crippen molar-refractivity contribution in [2.75, 3.05) is 0 Å². The topological polar surface area (TPSA) is 0 Å². The Morgan fingerprint density at radius 3 is 2.18 bits per heavy atom. The number of aryl methyl sites for hydroxylation is 1. The Balaban J connectivity index is 1.57. The molecule has 2 aliphatic carbocycles. The molecule has 0 heterocycles. The molecular formula is C22H34. The van der Waals surface area contributed by atoms with Crippen molar-refractivity contribution in [1.29, 1.82) is 0 Å². The molecule has 0 nitrogen and oxygen atoms in total. The molecular weight excluding hydrogens is 264 g/mol. The van der Waals surface area contributed by atoms with Crippen LogP contribution in [-0.4, -0.2) is 0 Å². The molecule has 122 valence electrons. The lowest BCUT2D eigenvalue weighted by molar-refractivity contribution is 0.288. The largest absolute Gasteiger partial charge is 0.0625 e. The van der Waals surface area contributed by atoms with Crippen LogP contribution in [0.4, 0.5) is 0 Å². The highest BCUT2D eigenvalue weighted by Gasteiger charge is 2.19. The molecule has 22 heavy (non-hydrogen) atoms. The minimum atomic E-state index is 0.944. The van der Waals surface area contributed by atoms with Gasteiger partial charge in [0.2, 0.25) is 0 Å². The third-order valence-corrected chi connectivity index (χ3v) is 6.30. The molecule has 0 aromatic heterocycles. The van der Waals surface area contributed by atoms with Crippen LogP contribution in [0.2, 0.25) is 0 Å². The van der Waals surface area contributed by atoms with Gasteiger partial charge in [-0.2, -0.15) is 0 Å². The third-order valence-electron chi connectivity index (χ3n) is 6.30. The van der Waals surface area contributed by atoms with Crippen molar-refractivity contribution in [1.82, 2.24) is 0 Å². The van der Waals surface area contributed by atoms with E-state index in [0.717, 1.165) is 17.8 Å². The van der Waals surface area contributed by atoms with Gasteiger partial charge in [-0.3, -0.25) is 0 Å². The summed E-state index contributed by atoms with van der Waals surface area (Å²) >= 11 is 0. The van der Waals surface area contributed by atoms with Gasteiger partial charge in [0.1, 0.15) is 0 Å². The SMILES string of the molecule is Cc1cc(CC2CCCCC2)ccc1CC1CCC(C)CC1. The van der Waals surface area contributed by atoms with Gasteiger partial charge < -0.3 is 0 Å². The summed E-state index contributed by atoms with van der Waals surface area (Å²) in [6.07, 6.45) is 15.7. The van der Waals surface area contributed by atoms with E-state index in [4.69, 9.17) is 0 Å². The second-order valence-corrected chi connectivity index (χ2v) is 8.30. The minimum Gasteiger partial charge on any atom is -0.0625 e. The van der Waals surface area contributed by atoms with Crippen molar-refractivity contribution >= 4 is 0 Å². The lowest BCUT2D eigenvalue weighted by Crippen LogP contribution is -2.15. The molecule has 2 saturated carbocycles. The lowest BCUT2D eigenvalue weighted by atomic mass is 9.79. The first-order valence-electron chi connectivity index (χ1n) is 9.79. The van der Waals surface area contributed by atoms with Crippen LogP contribution in [0.1, 0.15) is 81.4 Å². The predicted octanol–water partition coefficient (Wildman–Crippen LogP) is 6.49. The quantitative estimate of drug-likeness (QED) is 0.596. The first-order chi connectivity index (χ1) is 10.7. The fourth-order valence-corrected chi connectivity index (χ4v) is 4.68. The molecule has 0 radical (unpaired) electrons. The summed E-state index contributed by atoms with van der Waals surface area (Å²) in [6.45, 7) is 4.76. The van der Waals surface area contributed by atoms with E-state index in [1.54, 1.807) is 16.7 Å². The smallest absolute Gasteiger partial charge is 0.0248 e. The molecule has 0 amide bonds. The Morgan fingerprint density at radius 2 is 1.50 bits per heavy atom. The summed E-state index contributed by atoms with van der Waals surface area (Å²) in [4.78, 5) is 0. The van der Waals surface area contributed by atoms with Crippen LogP contribution in [-0.2, 0) is 12.8 Å². The first kappa shape index (κ1) is 16.1. The lowest BCUT2D eigenvalue weighted by Gasteiger charge is -2.27. The molecule has 0 bridgehead atoms. The molecule has 1 aromatic rings. The summed E-state index contributed by atoms with van der Waals surface area (Å²) in [6, 6.07) is 7.38. The van der Waals surface area contributed by atoms with E-state index >= 15 is 0 Å². The molecule has 2 aliphatic rings. The molecule has 0 unspecified atom stereocenters. The summed E-state index contributed by atoms with van der Waals surface area (Å²) in [5, 5.41) is 0. The fourth-order valence-electron chi connectivity index (χ4n) is 4.68. The van der Waals surface area contributed by atoms with Crippen LogP contribution in [0.25, 0.3) is 0 Å². The van der Waals surface area contributed by atoms with Crippen LogP contribution in [0.5, 0.6) is 0 Å². The zero-order valence-electron chi connectivity index (χ0n) is 14.7. The minimum absolute atomic E-state index is 0.944. The Hall–Kier alpha value is -0.780. The summed E-state index contributed by atoms with van der Waals surface area (Å²) in [7, 11) is 0. The van der Waals surface area contributed by atoms with Gasteiger partial charge in [-0.05, 0) is 67.1 Å². The van der Waals surface area contributed by atoms with Crippen molar-refractivity contribution in [3.63, 3.8) is 0 Å². The molecule has 3 rings (SSSR count). The molecule has 0 aliphatic heterocycles. The third kappa shape index (κ3) is 4.37. The van der Waals surface area contributed by atoms with Gasteiger partial charge >= 0.3 is 0 Å². The zero-order valence-corrected chi connectivity index (χ0v) is 14.7. The van der Waals surface area contributed by atoms with Gasteiger partial charge in [0.05, 0.1) is 0 Å². The van der Waals surface area contributed by atoms with E-state index in [-0.39, 0.29) is 0 Å². The maximum absolute atomic E-state index is 2.50. The maximum Gasteiger partial charge on any atom is -0.0248 e. The van der Waals surface area contributed by atoms with Crippen molar-refractivity contribution in [3.05, 3.63) is 34.9 Å². The summed E-state index contributed by atoms with van der Waals surface area (Å²) in [5.41, 5.74) is 4.75. The summed E-state index contributed by atoms with van der Waals surface area (Å²) in [5.74, 6) is 2.87. The molecule has 0 heteroatoms. The predicted molar refractivity (Wildman–Crippen MR) is 96.3 cm³/mol. The standard InChI is InChI=1S/C22H34/c1-17-8-10-20(11-9-17)16-22-13-12-21(14-18(22)2)15-19-6-4-3-5-7-19/h12-14,17,19-20H,3-11,15-16H2,1-2H3. The van der Waals surface area contributed by atoms with Gasteiger partial charge in [-0.25, -0.2) is 0 Å². The van der Waals surface area contributed by atoms with Crippen LogP contribution < -0.4 is 0 Å². The molecule has 0 atom stereocenters. The highest BCUT2D eigenvalue weighted by atomic mass is 14.2. The molecule has 2 fully saturated rings. The van der Waals surface area contributed by atoms with Crippen molar-refractivity contribution in [3.8, 4) is 0 Å². The van der Waals surface area contributed by atoms with Crippen molar-refractivity contribution in [2.45, 2.75) is 84.5 Å². The Morgan fingerprint density at radius 1 is 0.818 bits per heavy atom. The molecule has 1 aromatic carbocycles. The van der Waals surface area contributed by atoms with Crippen molar-refractivity contribution in [2.24, 2.45) is 17.8 Å². The molecule has 0 spiro atoms. The number of hydrogen-bond donors (Lipinski definition) is 0. The first-order valence-corrected chi connectivity index (χ1v) is 9.79. The van der Waals surface area contributed by atoms with Crippen LogP contribution in [0.15, 0.2) is 18.2 Å².